The summed E-state index contributed by atoms with van der Waals surface area (Å²) in [5.41, 5.74) is -1.13. The highest BCUT2D eigenvalue weighted by molar-refractivity contribution is 5.95. The van der Waals surface area contributed by atoms with Crippen LogP contribution in [0.25, 0.3) is 5.69 Å². The normalized spacial score (nSPS) is 15.4. The molecule has 0 spiro atoms. The van der Waals surface area contributed by atoms with Gasteiger partial charge in [0.2, 0.25) is 0 Å². The lowest BCUT2D eigenvalue weighted by Gasteiger charge is -2.32. The Kier molecular flexibility index (Phi) is 7.48. The smallest absolute Gasteiger partial charge is 0.339 e. The van der Waals surface area contributed by atoms with E-state index >= 15 is 0 Å². The molecule has 1 aromatic heterocycles. The second-order valence-corrected chi connectivity index (χ2v) is 6.78. The van der Waals surface area contributed by atoms with Crippen LogP contribution in [0.1, 0.15) is 35.3 Å². The number of piperidine rings is 1. The molecule has 1 aliphatic heterocycles. The minimum atomic E-state index is -4.68. The van der Waals surface area contributed by atoms with E-state index in [9.17, 15) is 18.0 Å². The largest absolute Gasteiger partial charge is 0.434 e. The summed E-state index contributed by atoms with van der Waals surface area (Å²) >= 11 is 0. The minimum absolute atomic E-state index is 0. The molecule has 0 radical (unpaired) electrons. The number of rotatable bonds is 5. The Morgan fingerprint density at radius 1 is 1.21 bits per heavy atom. The number of aromatic nitrogens is 2. The Hall–Kier alpha value is -2.06. The maximum absolute atomic E-state index is 13.7. The molecule has 2 heterocycles. The number of carbonyl (C=O) groups is 1. The fourth-order valence-corrected chi connectivity index (χ4v) is 3.49. The van der Waals surface area contributed by atoms with Gasteiger partial charge >= 0.3 is 6.18 Å². The van der Waals surface area contributed by atoms with Crippen LogP contribution in [-0.2, 0) is 6.18 Å². The first kappa shape index (κ1) is 22.2. The average Bonchev–Trinajstić information content (AvgIpc) is 3.12. The van der Waals surface area contributed by atoms with Crippen LogP contribution < -0.4 is 5.32 Å². The highest BCUT2D eigenvalue weighted by Crippen LogP contribution is 2.34. The number of likely N-dealkylation sites (tertiary alicyclic amines) is 1. The van der Waals surface area contributed by atoms with Gasteiger partial charge in [0.25, 0.3) is 5.91 Å². The maximum atomic E-state index is 13.7. The second kappa shape index (κ2) is 9.43. The van der Waals surface area contributed by atoms with Gasteiger partial charge < -0.3 is 10.2 Å². The summed E-state index contributed by atoms with van der Waals surface area (Å²) < 4.78 is 42.0. The van der Waals surface area contributed by atoms with Gasteiger partial charge in [0.15, 0.2) is 5.69 Å². The number of nitrogens with one attached hydrogen (secondary N) is 1. The van der Waals surface area contributed by atoms with Crippen LogP contribution in [-0.4, -0.2) is 47.3 Å². The van der Waals surface area contributed by atoms with Gasteiger partial charge in [-0.1, -0.05) is 18.2 Å². The summed E-state index contributed by atoms with van der Waals surface area (Å²) in [6, 6.07) is 8.04. The number of carbonyl (C=O) groups excluding carboxylic acids is 1. The fraction of sp³-hybridized carbons (Fsp3) is 0.474. The lowest BCUT2D eigenvalue weighted by molar-refractivity contribution is -0.143. The van der Waals surface area contributed by atoms with E-state index < -0.39 is 17.8 Å². The summed E-state index contributed by atoms with van der Waals surface area (Å²) in [6.45, 7) is 1.85. The van der Waals surface area contributed by atoms with E-state index in [1.54, 1.807) is 18.2 Å². The number of nitrogens with zero attached hydrogens (tertiary/aromatic N) is 3. The lowest BCUT2D eigenvalue weighted by atomic mass is 9.93. The van der Waals surface area contributed by atoms with Crippen LogP contribution in [0.3, 0.4) is 0 Å². The molecule has 1 aromatic carbocycles. The van der Waals surface area contributed by atoms with Crippen molar-refractivity contribution in [2.24, 2.45) is 5.92 Å². The predicted octanol–water partition coefficient (Wildman–Crippen LogP) is 3.77. The van der Waals surface area contributed by atoms with E-state index in [4.69, 9.17) is 0 Å². The highest BCUT2D eigenvalue weighted by Gasteiger charge is 2.41. The van der Waals surface area contributed by atoms with Crippen LogP contribution in [0.15, 0.2) is 36.5 Å². The molecule has 0 bridgehead atoms. The van der Waals surface area contributed by atoms with Crippen molar-refractivity contribution >= 4 is 18.3 Å². The van der Waals surface area contributed by atoms with Crippen molar-refractivity contribution in [1.29, 1.82) is 0 Å². The molecule has 1 saturated heterocycles. The molecule has 3 rings (SSSR count). The SMILES string of the molecule is CNCCC1CCN(C(=O)c2cnn(-c3ccccc3)c2C(F)(F)F)CC1.Cl. The predicted molar refractivity (Wildman–Crippen MR) is 103 cm³/mol. The first-order chi connectivity index (χ1) is 12.9. The molecular formula is C19H24ClF3N4O. The van der Waals surface area contributed by atoms with Crippen molar-refractivity contribution in [2.75, 3.05) is 26.7 Å². The zero-order valence-corrected chi connectivity index (χ0v) is 16.4. The van der Waals surface area contributed by atoms with Crippen molar-refractivity contribution in [3.8, 4) is 5.69 Å². The quantitative estimate of drug-likeness (QED) is 0.807. The summed E-state index contributed by atoms with van der Waals surface area (Å²) in [6.07, 6.45) is -1.02. The van der Waals surface area contributed by atoms with Crippen LogP contribution >= 0.6 is 12.4 Å². The van der Waals surface area contributed by atoms with Crippen LogP contribution in [0.2, 0.25) is 0 Å². The molecule has 1 fully saturated rings. The van der Waals surface area contributed by atoms with Crippen LogP contribution in [0.5, 0.6) is 0 Å². The molecule has 1 N–H and O–H groups in total. The Balaban J connectivity index is 0.00000280. The Morgan fingerprint density at radius 3 is 2.43 bits per heavy atom. The van der Waals surface area contributed by atoms with Crippen molar-refractivity contribution in [3.05, 3.63) is 47.8 Å². The van der Waals surface area contributed by atoms with E-state index in [-0.39, 0.29) is 23.7 Å². The van der Waals surface area contributed by atoms with E-state index in [0.29, 0.717) is 19.0 Å². The number of para-hydroxylation sites is 1. The van der Waals surface area contributed by atoms with E-state index in [1.807, 2.05) is 7.05 Å². The third-order valence-electron chi connectivity index (χ3n) is 4.97. The molecule has 28 heavy (non-hydrogen) atoms. The second-order valence-electron chi connectivity index (χ2n) is 6.78. The van der Waals surface area contributed by atoms with Crippen molar-refractivity contribution in [3.63, 3.8) is 0 Å². The molecule has 1 aliphatic rings. The number of hydrogen-bond donors (Lipinski definition) is 1. The molecule has 0 aliphatic carbocycles. The Morgan fingerprint density at radius 2 is 1.86 bits per heavy atom. The van der Waals surface area contributed by atoms with Crippen LogP contribution in [0.4, 0.5) is 13.2 Å². The van der Waals surface area contributed by atoms with Gasteiger partial charge in [0.05, 0.1) is 17.4 Å². The van der Waals surface area contributed by atoms with Gasteiger partial charge in [-0.3, -0.25) is 4.79 Å². The lowest BCUT2D eigenvalue weighted by Crippen LogP contribution is -2.39. The average molecular weight is 417 g/mol. The summed E-state index contributed by atoms with van der Waals surface area (Å²) in [5, 5.41) is 6.97. The highest BCUT2D eigenvalue weighted by atomic mass is 35.5. The van der Waals surface area contributed by atoms with Gasteiger partial charge in [-0.15, -0.1) is 12.4 Å². The van der Waals surface area contributed by atoms with E-state index in [2.05, 4.69) is 10.4 Å². The zero-order valence-electron chi connectivity index (χ0n) is 15.6. The monoisotopic (exact) mass is 416 g/mol. The Bertz CT molecular complexity index is 771. The van der Waals surface area contributed by atoms with E-state index in [0.717, 1.165) is 36.7 Å². The molecule has 9 heteroatoms. The summed E-state index contributed by atoms with van der Waals surface area (Å²) in [5.74, 6) is -0.104. The molecule has 1 amide bonds. The van der Waals surface area contributed by atoms with Crippen LogP contribution in [0, 0.1) is 5.92 Å². The standard InChI is InChI=1S/C19H23F3N4O.ClH/c1-23-10-7-14-8-11-25(12-9-14)18(27)16-13-24-26(17(16)19(20,21)22)15-5-3-2-4-6-15;/h2-6,13-14,23H,7-12H2,1H3;1H. The van der Waals surface area contributed by atoms with Crippen molar-refractivity contribution < 1.29 is 18.0 Å². The number of benzene rings is 1. The van der Waals surface area contributed by atoms with Crippen molar-refractivity contribution in [1.82, 2.24) is 20.0 Å². The molecule has 2 aromatic rings. The number of alkyl halides is 3. The van der Waals surface area contributed by atoms with Gasteiger partial charge in [-0.25, -0.2) is 4.68 Å². The first-order valence-electron chi connectivity index (χ1n) is 9.06. The third kappa shape index (κ3) is 4.86. The molecule has 0 saturated carbocycles. The number of amides is 1. The molecule has 5 nitrogen and oxygen atoms in total. The molecular weight excluding hydrogens is 393 g/mol. The van der Waals surface area contributed by atoms with Gasteiger partial charge in [-0.2, -0.15) is 18.3 Å². The maximum Gasteiger partial charge on any atom is 0.434 e. The van der Waals surface area contributed by atoms with Gasteiger partial charge in [0.1, 0.15) is 0 Å². The molecule has 154 valence electrons. The number of hydrogen-bond acceptors (Lipinski definition) is 3. The molecule has 0 unspecified atom stereocenters. The number of halogens is 4. The van der Waals surface area contributed by atoms with Gasteiger partial charge in [-0.05, 0) is 50.9 Å². The first-order valence-corrected chi connectivity index (χ1v) is 9.06. The third-order valence-corrected chi connectivity index (χ3v) is 4.97. The van der Waals surface area contributed by atoms with E-state index in [1.165, 1.54) is 17.0 Å². The Labute approximate surface area is 168 Å². The summed E-state index contributed by atoms with van der Waals surface area (Å²) in [7, 11) is 1.89. The topological polar surface area (TPSA) is 50.2 Å². The van der Waals surface area contributed by atoms with Crippen molar-refractivity contribution in [2.45, 2.75) is 25.4 Å². The minimum Gasteiger partial charge on any atom is -0.339 e. The zero-order chi connectivity index (χ0) is 19.4. The summed E-state index contributed by atoms with van der Waals surface area (Å²) in [4.78, 5) is 14.3. The van der Waals surface area contributed by atoms with Gasteiger partial charge in [0, 0.05) is 13.1 Å². The molecule has 0 atom stereocenters. The fourth-order valence-electron chi connectivity index (χ4n) is 3.49.